The van der Waals surface area contributed by atoms with Crippen molar-refractivity contribution in [2.45, 2.75) is 26.2 Å². The molecule has 0 saturated carbocycles. The van der Waals surface area contributed by atoms with Crippen LogP contribution in [0.2, 0.25) is 0 Å². The molecule has 0 heterocycles. The van der Waals surface area contributed by atoms with Crippen LogP contribution >= 0.6 is 0 Å². The summed E-state index contributed by atoms with van der Waals surface area (Å²) in [5, 5.41) is 4.53. The first kappa shape index (κ1) is 17.0. The van der Waals surface area contributed by atoms with E-state index in [1.807, 2.05) is 30.3 Å². The van der Waals surface area contributed by atoms with Gasteiger partial charge in [-0.1, -0.05) is 80.6 Å². The van der Waals surface area contributed by atoms with Gasteiger partial charge in [-0.15, -0.1) is 5.69 Å². The monoisotopic (exact) mass is 275 g/mol. The number of hydrogen-bond acceptors (Lipinski definition) is 1. The molecule has 0 radical (unpaired) electrons. The van der Waals surface area contributed by atoms with Gasteiger partial charge >= 0.3 is 29.6 Å². The summed E-state index contributed by atoms with van der Waals surface area (Å²) in [6.45, 7) is 6.43. The van der Waals surface area contributed by atoms with Gasteiger partial charge in [-0.25, -0.2) is 0 Å². The van der Waals surface area contributed by atoms with Gasteiger partial charge in [-0.2, -0.15) is 0 Å². The molecule has 0 spiro atoms. The van der Waals surface area contributed by atoms with Gasteiger partial charge in [0.25, 0.3) is 0 Å². The molecule has 3 heteroatoms. The van der Waals surface area contributed by atoms with E-state index in [2.05, 4.69) is 32.2 Å². The Balaban J connectivity index is 0.00000200. The van der Waals surface area contributed by atoms with Crippen LogP contribution in [-0.4, -0.2) is 0 Å². The van der Waals surface area contributed by atoms with Gasteiger partial charge in [0.15, 0.2) is 5.43 Å². The molecule has 98 valence electrons. The molecule has 0 unspecified atom stereocenters. The molecule has 2 rings (SSSR count). The zero-order valence-corrected chi connectivity index (χ0v) is 14.6. The zero-order valence-electron chi connectivity index (χ0n) is 12.6. The molecular weight excluding hydrogens is 257 g/mol. The maximum absolute atomic E-state index is 11.9. The summed E-state index contributed by atoms with van der Waals surface area (Å²) in [5.74, 6) is 0. The largest absolute Gasteiger partial charge is 1.00 e. The fraction of sp³-hybridized carbons (Fsp3) is 0.235. The van der Waals surface area contributed by atoms with Gasteiger partial charge in [-0.05, 0) is 11.5 Å². The summed E-state index contributed by atoms with van der Waals surface area (Å²) in [5.41, 5.74) is 2.41. The zero-order chi connectivity index (χ0) is 13.9. The first-order valence-electron chi connectivity index (χ1n) is 6.39. The van der Waals surface area contributed by atoms with Crippen LogP contribution in [-0.2, 0) is 5.41 Å². The van der Waals surface area contributed by atoms with Crippen molar-refractivity contribution in [3.63, 3.8) is 0 Å². The van der Waals surface area contributed by atoms with Crippen molar-refractivity contribution in [2.75, 3.05) is 0 Å². The molecule has 20 heavy (non-hydrogen) atoms. The van der Waals surface area contributed by atoms with E-state index in [1.54, 1.807) is 18.2 Å². The molecule has 0 atom stereocenters. The second-order valence-electron chi connectivity index (χ2n) is 5.54. The molecular formula is C17H18NNaO. The van der Waals surface area contributed by atoms with Crippen molar-refractivity contribution < 1.29 is 29.6 Å². The fourth-order valence-electron chi connectivity index (χ4n) is 1.95. The molecule has 0 fully saturated rings. The maximum Gasteiger partial charge on any atom is 1.00 e. The summed E-state index contributed by atoms with van der Waals surface area (Å²) in [4.78, 5) is 11.9. The van der Waals surface area contributed by atoms with E-state index < -0.39 is 0 Å². The van der Waals surface area contributed by atoms with Crippen LogP contribution in [0.25, 0.3) is 5.32 Å². The molecule has 0 N–H and O–H groups in total. The molecule has 2 aromatic rings. The summed E-state index contributed by atoms with van der Waals surface area (Å²) in [7, 11) is 0. The first-order chi connectivity index (χ1) is 8.98. The molecule has 0 amide bonds. The molecule has 0 aromatic heterocycles. The number of para-hydroxylation sites is 1. The maximum atomic E-state index is 11.9. The number of rotatable bonds is 2. The summed E-state index contributed by atoms with van der Waals surface area (Å²) in [6, 6.07) is 16.6. The van der Waals surface area contributed by atoms with Gasteiger partial charge in [0.05, 0.1) is 0 Å². The second kappa shape index (κ2) is 7.07. The summed E-state index contributed by atoms with van der Waals surface area (Å²) in [6.07, 6.45) is 0. The topological polar surface area (TPSA) is 31.2 Å². The van der Waals surface area contributed by atoms with Crippen molar-refractivity contribution in [1.82, 2.24) is 0 Å². The summed E-state index contributed by atoms with van der Waals surface area (Å²) >= 11 is 0. The minimum atomic E-state index is -0.0614. The van der Waals surface area contributed by atoms with E-state index in [0.717, 1.165) is 11.3 Å². The Morgan fingerprint density at radius 3 is 2.05 bits per heavy atom. The molecule has 0 aliphatic carbocycles. The van der Waals surface area contributed by atoms with Crippen molar-refractivity contribution in [3.05, 3.63) is 75.7 Å². The predicted octanol–water partition coefficient (Wildman–Crippen LogP) is 1.69. The van der Waals surface area contributed by atoms with Gasteiger partial charge in [0.1, 0.15) is 0 Å². The standard InChI is InChI=1S/C17H19NO.Na/c1-17(2,3)13-9-7-8-10-14(13)18-15-11-5-4-6-12-16(15)19;/h4-12H,1-3H3,(H,18,19);/q;+1/p-1. The minimum absolute atomic E-state index is 0. The van der Waals surface area contributed by atoms with Crippen LogP contribution in [0.15, 0.2) is 59.4 Å². The van der Waals surface area contributed by atoms with Crippen LogP contribution < -0.4 is 35.0 Å². The Hall–Kier alpha value is -1.09. The predicted molar refractivity (Wildman–Crippen MR) is 80.5 cm³/mol. The van der Waals surface area contributed by atoms with E-state index in [-0.39, 0.29) is 40.4 Å². The first-order valence-corrected chi connectivity index (χ1v) is 6.39. The van der Waals surface area contributed by atoms with Gasteiger partial charge in [-0.3, -0.25) is 4.79 Å². The molecule has 2 nitrogen and oxygen atoms in total. The van der Waals surface area contributed by atoms with E-state index in [4.69, 9.17) is 0 Å². The Kier molecular flexibility index (Phi) is 6.00. The van der Waals surface area contributed by atoms with Crippen LogP contribution in [0.4, 0.5) is 11.4 Å². The number of nitrogens with zero attached hydrogens (tertiary/aromatic N) is 1. The average molecular weight is 275 g/mol. The Morgan fingerprint density at radius 2 is 1.35 bits per heavy atom. The third-order valence-corrected chi connectivity index (χ3v) is 2.93. The Labute approximate surface area is 142 Å². The molecule has 0 saturated heterocycles. The van der Waals surface area contributed by atoms with Crippen molar-refractivity contribution in [3.8, 4) is 0 Å². The third kappa shape index (κ3) is 4.20. The fourth-order valence-corrected chi connectivity index (χ4v) is 1.95. The van der Waals surface area contributed by atoms with Gasteiger partial charge in [0, 0.05) is 0 Å². The normalized spacial score (nSPS) is 10.6. The van der Waals surface area contributed by atoms with E-state index in [0.29, 0.717) is 5.69 Å². The Morgan fingerprint density at radius 1 is 0.800 bits per heavy atom. The molecule has 0 aliphatic rings. The number of hydrogen-bond donors (Lipinski definition) is 0. The Bertz CT molecular complexity index is 632. The quantitative estimate of drug-likeness (QED) is 0.767. The van der Waals surface area contributed by atoms with Crippen molar-refractivity contribution in [1.29, 1.82) is 0 Å². The summed E-state index contributed by atoms with van der Waals surface area (Å²) < 4.78 is 0. The minimum Gasteiger partial charge on any atom is -0.654 e. The van der Waals surface area contributed by atoms with Crippen molar-refractivity contribution >= 4 is 11.4 Å². The molecule has 0 aliphatic heterocycles. The average Bonchev–Trinajstić information content (AvgIpc) is 2.54. The van der Waals surface area contributed by atoms with Crippen LogP contribution in [0.1, 0.15) is 26.3 Å². The van der Waals surface area contributed by atoms with Crippen LogP contribution in [0.3, 0.4) is 0 Å². The SMILES string of the molecule is CC(C)(C)c1ccccc1[N-]c1cccccc1=O.[Na+]. The number of benzene rings is 1. The van der Waals surface area contributed by atoms with Gasteiger partial charge < -0.3 is 5.32 Å². The van der Waals surface area contributed by atoms with E-state index in [1.165, 1.54) is 0 Å². The van der Waals surface area contributed by atoms with Crippen molar-refractivity contribution in [2.24, 2.45) is 0 Å². The smallest absolute Gasteiger partial charge is 0.654 e. The van der Waals surface area contributed by atoms with E-state index >= 15 is 0 Å². The molecule has 2 aromatic carbocycles. The molecule has 0 bridgehead atoms. The van der Waals surface area contributed by atoms with Crippen LogP contribution in [0, 0.1) is 0 Å². The van der Waals surface area contributed by atoms with Gasteiger partial charge in [0.2, 0.25) is 0 Å². The third-order valence-electron chi connectivity index (χ3n) is 2.93. The second-order valence-corrected chi connectivity index (χ2v) is 5.54. The van der Waals surface area contributed by atoms with E-state index in [9.17, 15) is 4.79 Å². The van der Waals surface area contributed by atoms with Crippen LogP contribution in [0.5, 0.6) is 0 Å².